The average Bonchev–Trinajstić information content (AvgIpc) is 2.39. The van der Waals surface area contributed by atoms with E-state index < -0.39 is 0 Å². The van der Waals surface area contributed by atoms with E-state index in [0.717, 1.165) is 31.2 Å². The molecule has 5 heteroatoms. The van der Waals surface area contributed by atoms with Crippen LogP contribution in [0.5, 0.6) is 5.75 Å². The van der Waals surface area contributed by atoms with Crippen LogP contribution in [-0.4, -0.2) is 17.6 Å². The number of non-ortho nitro benzene ring substituents is 1. The van der Waals surface area contributed by atoms with Gasteiger partial charge in [-0.2, -0.15) is 0 Å². The van der Waals surface area contributed by atoms with Gasteiger partial charge in [0.25, 0.3) is 5.69 Å². The summed E-state index contributed by atoms with van der Waals surface area (Å²) >= 11 is 0. The molecule has 0 unspecified atom stereocenters. The summed E-state index contributed by atoms with van der Waals surface area (Å²) in [6.45, 7) is 0. The van der Waals surface area contributed by atoms with E-state index in [-0.39, 0.29) is 16.1 Å². The number of benzene rings is 1. The van der Waals surface area contributed by atoms with Crippen LogP contribution in [0, 0.1) is 10.1 Å². The number of rotatable bonds is 4. The minimum absolute atomic E-state index is 0.0928. The average molecular weight is 264 g/mol. The predicted octanol–water partition coefficient (Wildman–Crippen LogP) is 2.81. The summed E-state index contributed by atoms with van der Waals surface area (Å²) in [5, 5.41) is 10.9. The molecule has 2 rings (SSSR count). The zero-order chi connectivity index (χ0) is 13.9. The van der Waals surface area contributed by atoms with Crippen LogP contribution in [0.2, 0.25) is 0 Å². The van der Waals surface area contributed by atoms with Crippen molar-refractivity contribution in [3.63, 3.8) is 0 Å². The first-order valence-corrected chi connectivity index (χ1v) is 6.64. The van der Waals surface area contributed by atoms with Gasteiger partial charge in [0.2, 0.25) is 0 Å². The number of nitrogens with two attached hydrogens (primary N) is 1. The molecular weight excluding hydrogens is 244 g/mol. The molecule has 0 atom stereocenters. The quantitative estimate of drug-likeness (QED) is 0.670. The van der Waals surface area contributed by atoms with Gasteiger partial charge in [-0.15, -0.1) is 0 Å². The van der Waals surface area contributed by atoms with Crippen LogP contribution in [0.25, 0.3) is 0 Å². The third-order valence-corrected chi connectivity index (χ3v) is 3.87. The Balaban J connectivity index is 2.26. The summed E-state index contributed by atoms with van der Waals surface area (Å²) in [6.07, 6.45) is 6.07. The largest absolute Gasteiger partial charge is 0.496 e. The summed E-state index contributed by atoms with van der Waals surface area (Å²) in [7, 11) is 1.58. The van der Waals surface area contributed by atoms with Crippen molar-refractivity contribution in [3.05, 3.63) is 33.9 Å². The lowest BCUT2D eigenvalue weighted by molar-refractivity contribution is -0.384. The van der Waals surface area contributed by atoms with E-state index in [0.29, 0.717) is 12.2 Å². The van der Waals surface area contributed by atoms with Crippen LogP contribution in [-0.2, 0) is 6.42 Å². The molecule has 19 heavy (non-hydrogen) atoms. The Morgan fingerprint density at radius 2 is 2.05 bits per heavy atom. The van der Waals surface area contributed by atoms with Crippen molar-refractivity contribution in [2.75, 3.05) is 7.11 Å². The first kappa shape index (κ1) is 13.8. The highest BCUT2D eigenvalue weighted by molar-refractivity contribution is 5.44. The third kappa shape index (κ3) is 3.23. The molecule has 1 aliphatic carbocycles. The standard InChI is InChI=1S/C14H20N2O3/c1-19-13-6-5-12(16(17)18)9-11(13)10-14(15)7-3-2-4-8-14/h5-6,9H,2-4,7-8,10,15H2,1H3. The Bertz CT molecular complexity index is 468. The van der Waals surface area contributed by atoms with Crippen molar-refractivity contribution < 1.29 is 9.66 Å². The summed E-state index contributed by atoms with van der Waals surface area (Å²) < 4.78 is 5.29. The lowest BCUT2D eigenvalue weighted by Gasteiger charge is -2.33. The van der Waals surface area contributed by atoms with Crippen molar-refractivity contribution in [1.29, 1.82) is 0 Å². The van der Waals surface area contributed by atoms with Gasteiger partial charge in [0, 0.05) is 23.2 Å². The summed E-state index contributed by atoms with van der Waals surface area (Å²) in [5.74, 6) is 0.681. The maximum Gasteiger partial charge on any atom is 0.269 e. The lowest BCUT2D eigenvalue weighted by Crippen LogP contribution is -2.43. The van der Waals surface area contributed by atoms with Gasteiger partial charge in [-0.25, -0.2) is 0 Å². The molecule has 0 heterocycles. The van der Waals surface area contributed by atoms with Crippen molar-refractivity contribution in [1.82, 2.24) is 0 Å². The van der Waals surface area contributed by atoms with Gasteiger partial charge in [0.05, 0.1) is 12.0 Å². The van der Waals surface area contributed by atoms with Crippen LogP contribution >= 0.6 is 0 Å². The van der Waals surface area contributed by atoms with Gasteiger partial charge in [0.15, 0.2) is 0 Å². The Hall–Kier alpha value is -1.62. The highest BCUT2D eigenvalue weighted by Crippen LogP contribution is 2.33. The number of ether oxygens (including phenoxy) is 1. The van der Waals surface area contributed by atoms with Gasteiger partial charge in [-0.1, -0.05) is 19.3 Å². The van der Waals surface area contributed by atoms with E-state index in [4.69, 9.17) is 10.5 Å². The van der Waals surface area contributed by atoms with Crippen molar-refractivity contribution in [2.45, 2.75) is 44.1 Å². The normalized spacial score (nSPS) is 18.0. The molecule has 0 saturated heterocycles. The van der Waals surface area contributed by atoms with E-state index in [1.807, 2.05) is 0 Å². The molecule has 104 valence electrons. The molecular formula is C14H20N2O3. The second-order valence-corrected chi connectivity index (χ2v) is 5.35. The highest BCUT2D eigenvalue weighted by atomic mass is 16.6. The summed E-state index contributed by atoms with van der Waals surface area (Å²) in [6, 6.07) is 4.70. The maximum atomic E-state index is 10.9. The molecule has 5 nitrogen and oxygen atoms in total. The van der Waals surface area contributed by atoms with Crippen LogP contribution in [0.4, 0.5) is 5.69 Å². The highest BCUT2D eigenvalue weighted by Gasteiger charge is 2.29. The van der Waals surface area contributed by atoms with E-state index >= 15 is 0 Å². The minimum Gasteiger partial charge on any atom is -0.496 e. The van der Waals surface area contributed by atoms with Crippen LogP contribution in [0.1, 0.15) is 37.7 Å². The number of methoxy groups -OCH3 is 1. The van der Waals surface area contributed by atoms with E-state index in [1.54, 1.807) is 19.2 Å². The van der Waals surface area contributed by atoms with Gasteiger partial charge in [-0.3, -0.25) is 10.1 Å². The second-order valence-electron chi connectivity index (χ2n) is 5.35. The molecule has 1 aromatic carbocycles. The van der Waals surface area contributed by atoms with Crippen LogP contribution in [0.3, 0.4) is 0 Å². The molecule has 1 aliphatic rings. The van der Waals surface area contributed by atoms with Gasteiger partial charge in [0.1, 0.15) is 5.75 Å². The van der Waals surface area contributed by atoms with Crippen molar-refractivity contribution in [2.24, 2.45) is 5.73 Å². The Morgan fingerprint density at radius 1 is 1.37 bits per heavy atom. The summed E-state index contributed by atoms with van der Waals surface area (Å²) in [4.78, 5) is 10.5. The maximum absolute atomic E-state index is 10.9. The SMILES string of the molecule is COc1ccc([N+](=O)[O-])cc1CC1(N)CCCCC1. The third-order valence-electron chi connectivity index (χ3n) is 3.87. The number of nitro groups is 1. The molecule has 1 fully saturated rings. The number of hydrogen-bond acceptors (Lipinski definition) is 4. The van der Waals surface area contributed by atoms with Gasteiger partial charge in [-0.05, 0) is 25.3 Å². The number of hydrogen-bond donors (Lipinski definition) is 1. The van der Waals surface area contributed by atoms with Gasteiger partial charge >= 0.3 is 0 Å². The molecule has 1 aromatic rings. The fourth-order valence-electron chi connectivity index (χ4n) is 2.83. The molecule has 0 radical (unpaired) electrons. The summed E-state index contributed by atoms with van der Waals surface area (Å²) in [5.41, 5.74) is 7.09. The van der Waals surface area contributed by atoms with Crippen LogP contribution < -0.4 is 10.5 Å². The molecule has 2 N–H and O–H groups in total. The fourth-order valence-corrected chi connectivity index (χ4v) is 2.83. The predicted molar refractivity (Wildman–Crippen MR) is 73.4 cm³/mol. The van der Waals surface area contributed by atoms with Crippen molar-refractivity contribution in [3.8, 4) is 5.75 Å². The molecule has 0 amide bonds. The zero-order valence-corrected chi connectivity index (χ0v) is 11.2. The van der Waals surface area contributed by atoms with E-state index in [9.17, 15) is 10.1 Å². The molecule has 0 bridgehead atoms. The molecule has 1 saturated carbocycles. The fraction of sp³-hybridized carbons (Fsp3) is 0.571. The smallest absolute Gasteiger partial charge is 0.269 e. The Kier molecular flexibility index (Phi) is 4.04. The molecule has 0 aromatic heterocycles. The van der Waals surface area contributed by atoms with E-state index in [2.05, 4.69) is 0 Å². The Morgan fingerprint density at radius 3 is 2.63 bits per heavy atom. The minimum atomic E-state index is -0.382. The van der Waals surface area contributed by atoms with Crippen molar-refractivity contribution >= 4 is 5.69 Å². The Labute approximate surface area is 112 Å². The zero-order valence-electron chi connectivity index (χ0n) is 11.2. The number of nitro benzene ring substituents is 1. The molecule has 0 spiro atoms. The lowest BCUT2D eigenvalue weighted by atomic mass is 9.78. The van der Waals surface area contributed by atoms with Gasteiger partial charge < -0.3 is 10.5 Å². The number of nitrogens with zero attached hydrogens (tertiary/aromatic N) is 1. The monoisotopic (exact) mass is 264 g/mol. The van der Waals surface area contributed by atoms with Crippen LogP contribution in [0.15, 0.2) is 18.2 Å². The molecule has 0 aliphatic heterocycles. The first-order valence-electron chi connectivity index (χ1n) is 6.64. The van der Waals surface area contributed by atoms with E-state index in [1.165, 1.54) is 12.5 Å². The topological polar surface area (TPSA) is 78.4 Å². The first-order chi connectivity index (χ1) is 9.04. The second kappa shape index (κ2) is 5.57.